The number of nitrogens with one attached hydrogen (secondary N) is 1. The molecule has 1 atom stereocenters. The zero-order valence-electron chi connectivity index (χ0n) is 16.4. The minimum Gasteiger partial charge on any atom is -0.497 e. The van der Waals surface area contributed by atoms with Gasteiger partial charge in [0.05, 0.1) is 25.1 Å². The molecule has 1 amide bonds. The zero-order chi connectivity index (χ0) is 20.9. The van der Waals surface area contributed by atoms with E-state index in [2.05, 4.69) is 5.32 Å². The standard InChI is InChI=1S/C20H25ClN2O4S/c1-5-18(15-9-11-16(27-3)12-10-15)22-20(24)13-23(28(4,25)26)19-8-6-7-17(21)14(19)2/h6-12,18H,5,13H2,1-4H3,(H,22,24)/t18-/m1/s1. The predicted octanol–water partition coefficient (Wildman–Crippen LogP) is 3.69. The molecule has 8 heteroatoms. The Hall–Kier alpha value is -2.25. The van der Waals surface area contributed by atoms with Gasteiger partial charge in [-0.3, -0.25) is 9.10 Å². The van der Waals surface area contributed by atoms with Crippen LogP contribution in [0, 0.1) is 6.92 Å². The van der Waals surface area contributed by atoms with Crippen LogP contribution in [0.15, 0.2) is 42.5 Å². The van der Waals surface area contributed by atoms with Crippen molar-refractivity contribution in [1.82, 2.24) is 5.32 Å². The summed E-state index contributed by atoms with van der Waals surface area (Å²) in [5.41, 5.74) is 1.91. The highest BCUT2D eigenvalue weighted by Crippen LogP contribution is 2.28. The number of benzene rings is 2. The molecule has 0 heterocycles. The Kier molecular flexibility index (Phi) is 7.32. The molecule has 6 nitrogen and oxygen atoms in total. The molecule has 0 unspecified atom stereocenters. The highest BCUT2D eigenvalue weighted by Gasteiger charge is 2.24. The molecular formula is C20H25ClN2O4S. The van der Waals surface area contributed by atoms with Crippen LogP contribution in [0.1, 0.15) is 30.5 Å². The minimum absolute atomic E-state index is 0.236. The first-order chi connectivity index (χ1) is 13.2. The van der Waals surface area contributed by atoms with Crippen molar-refractivity contribution in [3.63, 3.8) is 0 Å². The highest BCUT2D eigenvalue weighted by molar-refractivity contribution is 7.92. The van der Waals surface area contributed by atoms with Gasteiger partial charge in [0.15, 0.2) is 0 Å². The number of sulfonamides is 1. The summed E-state index contributed by atoms with van der Waals surface area (Å²) in [6.07, 6.45) is 1.73. The first-order valence-corrected chi connectivity index (χ1v) is 11.1. The normalized spacial score (nSPS) is 12.3. The van der Waals surface area contributed by atoms with Gasteiger partial charge < -0.3 is 10.1 Å². The summed E-state index contributed by atoms with van der Waals surface area (Å²) in [6, 6.07) is 12.1. The smallest absolute Gasteiger partial charge is 0.241 e. The van der Waals surface area contributed by atoms with Gasteiger partial charge in [0.2, 0.25) is 15.9 Å². The maximum absolute atomic E-state index is 12.7. The number of rotatable bonds is 8. The lowest BCUT2D eigenvalue weighted by molar-refractivity contribution is -0.120. The van der Waals surface area contributed by atoms with Crippen molar-refractivity contribution in [2.45, 2.75) is 26.3 Å². The van der Waals surface area contributed by atoms with Gasteiger partial charge in [0, 0.05) is 5.02 Å². The van der Waals surface area contributed by atoms with Crippen LogP contribution in [0.5, 0.6) is 5.75 Å². The van der Waals surface area contributed by atoms with Crippen LogP contribution in [-0.2, 0) is 14.8 Å². The van der Waals surface area contributed by atoms with Gasteiger partial charge >= 0.3 is 0 Å². The number of anilines is 1. The number of hydrogen-bond acceptors (Lipinski definition) is 4. The molecular weight excluding hydrogens is 400 g/mol. The van der Waals surface area contributed by atoms with E-state index in [9.17, 15) is 13.2 Å². The molecule has 0 aliphatic heterocycles. The molecule has 1 N–H and O–H groups in total. The summed E-state index contributed by atoms with van der Waals surface area (Å²) < 4.78 is 30.9. The fourth-order valence-corrected chi connectivity index (χ4v) is 3.95. The molecule has 2 aromatic carbocycles. The second-order valence-corrected chi connectivity index (χ2v) is 8.77. The molecule has 28 heavy (non-hydrogen) atoms. The van der Waals surface area contributed by atoms with E-state index in [1.807, 2.05) is 31.2 Å². The van der Waals surface area contributed by atoms with Crippen molar-refractivity contribution in [2.24, 2.45) is 0 Å². The van der Waals surface area contributed by atoms with E-state index in [0.717, 1.165) is 21.9 Å². The lowest BCUT2D eigenvalue weighted by Crippen LogP contribution is -2.41. The SMILES string of the molecule is CC[C@@H](NC(=O)CN(c1cccc(Cl)c1C)S(C)(=O)=O)c1ccc(OC)cc1. The molecule has 2 aromatic rings. The number of ether oxygens (including phenoxy) is 1. The zero-order valence-corrected chi connectivity index (χ0v) is 18.0. The van der Waals surface area contributed by atoms with Crippen LogP contribution < -0.4 is 14.4 Å². The lowest BCUT2D eigenvalue weighted by Gasteiger charge is -2.25. The Bertz CT molecular complexity index is 930. The van der Waals surface area contributed by atoms with Gasteiger partial charge in [-0.2, -0.15) is 0 Å². The van der Waals surface area contributed by atoms with Gasteiger partial charge in [0.25, 0.3) is 0 Å². The van der Waals surface area contributed by atoms with E-state index < -0.39 is 15.9 Å². The number of carbonyl (C=O) groups is 1. The van der Waals surface area contributed by atoms with Crippen LogP contribution in [0.2, 0.25) is 5.02 Å². The number of halogens is 1. The summed E-state index contributed by atoms with van der Waals surface area (Å²) in [5, 5.41) is 3.35. The van der Waals surface area contributed by atoms with Crippen LogP contribution in [0.3, 0.4) is 0 Å². The van der Waals surface area contributed by atoms with E-state index >= 15 is 0 Å². The fourth-order valence-electron chi connectivity index (χ4n) is 2.88. The molecule has 0 saturated carbocycles. The number of amides is 1. The molecule has 0 aliphatic rings. The van der Waals surface area contributed by atoms with Crippen molar-refractivity contribution in [3.05, 3.63) is 58.6 Å². The fraction of sp³-hybridized carbons (Fsp3) is 0.350. The topological polar surface area (TPSA) is 75.7 Å². The Morgan fingerprint density at radius 3 is 2.39 bits per heavy atom. The average molecular weight is 425 g/mol. The van der Waals surface area contributed by atoms with Crippen molar-refractivity contribution < 1.29 is 17.9 Å². The second kappa shape index (κ2) is 9.30. The first kappa shape index (κ1) is 22.0. The molecule has 152 valence electrons. The van der Waals surface area contributed by atoms with Gasteiger partial charge in [0.1, 0.15) is 12.3 Å². The van der Waals surface area contributed by atoms with E-state index in [4.69, 9.17) is 16.3 Å². The Morgan fingerprint density at radius 1 is 1.21 bits per heavy atom. The number of methoxy groups -OCH3 is 1. The summed E-state index contributed by atoms with van der Waals surface area (Å²) in [5.74, 6) is 0.331. The van der Waals surface area contributed by atoms with Gasteiger partial charge in [-0.1, -0.05) is 36.7 Å². The predicted molar refractivity (Wildman–Crippen MR) is 113 cm³/mol. The second-order valence-electron chi connectivity index (χ2n) is 6.46. The molecule has 0 aromatic heterocycles. The third-order valence-corrected chi connectivity index (χ3v) is 5.99. The van der Waals surface area contributed by atoms with Gasteiger partial charge in [-0.15, -0.1) is 0 Å². The number of carbonyl (C=O) groups excluding carboxylic acids is 1. The summed E-state index contributed by atoms with van der Waals surface area (Å²) in [6.45, 7) is 3.34. The van der Waals surface area contributed by atoms with Crippen LogP contribution >= 0.6 is 11.6 Å². The third-order valence-electron chi connectivity index (χ3n) is 4.46. The monoisotopic (exact) mass is 424 g/mol. The van der Waals surface area contributed by atoms with E-state index in [1.165, 1.54) is 0 Å². The third kappa shape index (κ3) is 5.39. The maximum atomic E-state index is 12.7. The maximum Gasteiger partial charge on any atom is 0.241 e. The Labute approximate surface area is 171 Å². The van der Waals surface area contributed by atoms with Crippen molar-refractivity contribution in [3.8, 4) is 5.75 Å². The van der Waals surface area contributed by atoms with E-state index in [0.29, 0.717) is 22.7 Å². The van der Waals surface area contributed by atoms with Crippen LogP contribution in [0.4, 0.5) is 5.69 Å². The summed E-state index contributed by atoms with van der Waals surface area (Å²) >= 11 is 6.12. The minimum atomic E-state index is -3.67. The molecule has 0 bridgehead atoms. The summed E-state index contributed by atoms with van der Waals surface area (Å²) in [4.78, 5) is 12.7. The quantitative estimate of drug-likeness (QED) is 0.701. The largest absolute Gasteiger partial charge is 0.497 e. The Morgan fingerprint density at radius 2 is 1.86 bits per heavy atom. The first-order valence-electron chi connectivity index (χ1n) is 8.83. The van der Waals surface area contributed by atoms with Gasteiger partial charge in [-0.05, 0) is 48.7 Å². The molecule has 2 rings (SSSR count). The number of hydrogen-bond donors (Lipinski definition) is 1. The molecule has 0 spiro atoms. The van der Waals surface area contributed by atoms with Crippen molar-refractivity contribution >= 4 is 33.2 Å². The van der Waals surface area contributed by atoms with Crippen molar-refractivity contribution in [2.75, 3.05) is 24.2 Å². The lowest BCUT2D eigenvalue weighted by atomic mass is 10.0. The van der Waals surface area contributed by atoms with Gasteiger partial charge in [-0.25, -0.2) is 8.42 Å². The molecule has 0 fully saturated rings. The molecule has 0 aliphatic carbocycles. The highest BCUT2D eigenvalue weighted by atomic mass is 35.5. The van der Waals surface area contributed by atoms with E-state index in [-0.39, 0.29) is 12.6 Å². The molecule has 0 saturated heterocycles. The average Bonchev–Trinajstić information content (AvgIpc) is 2.66. The Balaban J connectivity index is 2.22. The van der Waals surface area contributed by atoms with Crippen LogP contribution in [-0.4, -0.2) is 34.2 Å². The van der Waals surface area contributed by atoms with Crippen molar-refractivity contribution in [1.29, 1.82) is 0 Å². The number of nitrogens with zero attached hydrogens (tertiary/aromatic N) is 1. The van der Waals surface area contributed by atoms with Crippen LogP contribution in [0.25, 0.3) is 0 Å². The summed E-state index contributed by atoms with van der Waals surface area (Å²) in [7, 11) is -2.08. The molecule has 0 radical (unpaired) electrons. The van der Waals surface area contributed by atoms with E-state index in [1.54, 1.807) is 32.2 Å².